The quantitative estimate of drug-likeness (QED) is 0.346. The molecule has 2 fully saturated rings. The second-order valence-electron chi connectivity index (χ2n) is 7.83. The number of aromatic amines is 1. The molecule has 0 saturated carbocycles. The minimum absolute atomic E-state index is 0.0235. The molecule has 0 radical (unpaired) electrons. The van der Waals surface area contributed by atoms with E-state index in [1.165, 1.54) is 24.3 Å². The lowest BCUT2D eigenvalue weighted by molar-refractivity contribution is -0.152. The largest absolute Gasteiger partial charge is 0.508 e. The first kappa shape index (κ1) is 21.1. The number of carbonyl (C=O) groups excluding carboxylic acids is 3. The predicted molar refractivity (Wildman–Crippen MR) is 109 cm³/mol. The van der Waals surface area contributed by atoms with E-state index in [0.29, 0.717) is 11.4 Å². The van der Waals surface area contributed by atoms with Crippen LogP contribution in [0.3, 0.4) is 0 Å². The van der Waals surface area contributed by atoms with Crippen LogP contribution in [0.2, 0.25) is 0 Å². The first-order chi connectivity index (χ1) is 14.7. The standard InChI is InChI=1S/C18H22N8O4S/c1-18(2)13(14-22-24-25-23-14)26-16(30)12(17(26)31-18)21-15(29)11(20-10(28)7-19)8-3-5-9(27)6-4-8/h3-6,11-13,17,27H,7,19H2,1-2H3,(H,20,28)(H,21,29)(H,22,23,24,25). The zero-order valence-corrected chi connectivity index (χ0v) is 17.6. The van der Waals surface area contributed by atoms with Gasteiger partial charge in [0.1, 0.15) is 29.2 Å². The molecular weight excluding hydrogens is 424 g/mol. The number of thioether (sulfide) groups is 1. The van der Waals surface area contributed by atoms with E-state index in [4.69, 9.17) is 5.73 Å². The third-order valence-corrected chi connectivity index (χ3v) is 6.91. The molecule has 4 unspecified atom stereocenters. The van der Waals surface area contributed by atoms with E-state index in [2.05, 4.69) is 31.3 Å². The van der Waals surface area contributed by atoms with Crippen LogP contribution < -0.4 is 16.4 Å². The summed E-state index contributed by atoms with van der Waals surface area (Å²) in [5, 5.41) is 28.4. The fraction of sp³-hybridized carbons (Fsp3) is 0.444. The number of phenolic OH excluding ortho intramolecular Hbond substituents is 1. The van der Waals surface area contributed by atoms with Crippen molar-refractivity contribution in [3.63, 3.8) is 0 Å². The SMILES string of the molecule is CC1(C)SC2C(NC(=O)C(NC(=O)CN)c3ccc(O)cc3)C(=O)N2C1c1nnn[nH]1. The van der Waals surface area contributed by atoms with E-state index < -0.39 is 23.9 Å². The van der Waals surface area contributed by atoms with Gasteiger partial charge in [-0.1, -0.05) is 12.1 Å². The highest BCUT2D eigenvalue weighted by Gasteiger charge is 2.63. The van der Waals surface area contributed by atoms with Crippen molar-refractivity contribution < 1.29 is 19.5 Å². The number of nitrogens with one attached hydrogen (secondary N) is 3. The summed E-state index contributed by atoms with van der Waals surface area (Å²) in [7, 11) is 0. The van der Waals surface area contributed by atoms with Gasteiger partial charge in [0, 0.05) is 4.75 Å². The summed E-state index contributed by atoms with van der Waals surface area (Å²) in [6.45, 7) is 3.67. The number of aromatic nitrogens is 4. The summed E-state index contributed by atoms with van der Waals surface area (Å²) in [4.78, 5) is 39.5. The number of carbonyl (C=O) groups is 3. The first-order valence-electron chi connectivity index (χ1n) is 9.55. The smallest absolute Gasteiger partial charge is 0.249 e. The van der Waals surface area contributed by atoms with Crippen LogP contribution in [0.4, 0.5) is 0 Å². The monoisotopic (exact) mass is 446 g/mol. The normalized spacial score (nSPS) is 24.8. The highest BCUT2D eigenvalue weighted by atomic mass is 32.2. The van der Waals surface area contributed by atoms with Gasteiger partial charge in [-0.15, -0.1) is 16.9 Å². The molecule has 2 saturated heterocycles. The molecule has 2 aliphatic heterocycles. The Bertz CT molecular complexity index is 996. The van der Waals surface area contributed by atoms with Gasteiger partial charge < -0.3 is 26.4 Å². The summed E-state index contributed by atoms with van der Waals surface area (Å²) in [5.41, 5.74) is 5.83. The van der Waals surface area contributed by atoms with Crippen LogP contribution in [0.25, 0.3) is 0 Å². The summed E-state index contributed by atoms with van der Waals surface area (Å²) < 4.78 is -0.384. The average molecular weight is 446 g/mol. The number of hydrogen-bond donors (Lipinski definition) is 5. The van der Waals surface area contributed by atoms with Gasteiger partial charge in [0.25, 0.3) is 0 Å². The molecule has 1 aromatic carbocycles. The summed E-state index contributed by atoms with van der Waals surface area (Å²) in [5.74, 6) is -0.823. The molecule has 1 aromatic heterocycles. The molecule has 0 aliphatic carbocycles. The Morgan fingerprint density at radius 3 is 2.68 bits per heavy atom. The lowest BCUT2D eigenvalue weighted by Crippen LogP contribution is -2.68. The minimum Gasteiger partial charge on any atom is -0.508 e. The molecule has 4 rings (SSSR count). The van der Waals surface area contributed by atoms with E-state index in [1.807, 2.05) is 13.8 Å². The number of amides is 3. The third-order valence-electron chi connectivity index (χ3n) is 5.34. The molecule has 31 heavy (non-hydrogen) atoms. The maximum Gasteiger partial charge on any atom is 0.249 e. The van der Waals surface area contributed by atoms with Gasteiger partial charge in [0.05, 0.1) is 6.54 Å². The fourth-order valence-electron chi connectivity index (χ4n) is 3.90. The van der Waals surface area contributed by atoms with Crippen LogP contribution in [0, 0.1) is 0 Å². The maximum atomic E-state index is 13.0. The molecular formula is C18H22N8O4S. The number of nitrogens with zero attached hydrogens (tertiary/aromatic N) is 4. The zero-order valence-electron chi connectivity index (χ0n) is 16.8. The second kappa shape index (κ2) is 7.81. The summed E-state index contributed by atoms with van der Waals surface area (Å²) >= 11 is 1.54. The zero-order chi connectivity index (χ0) is 22.3. The molecule has 6 N–H and O–H groups in total. The van der Waals surface area contributed by atoms with Gasteiger partial charge in [-0.2, -0.15) is 0 Å². The van der Waals surface area contributed by atoms with Crippen LogP contribution >= 0.6 is 11.8 Å². The van der Waals surface area contributed by atoms with Crippen LogP contribution in [-0.4, -0.2) is 71.1 Å². The number of benzene rings is 1. The number of nitrogens with two attached hydrogens (primary N) is 1. The Hall–Kier alpha value is -3.19. The van der Waals surface area contributed by atoms with Crippen molar-refractivity contribution in [2.45, 2.75) is 42.1 Å². The molecule has 0 spiro atoms. The van der Waals surface area contributed by atoms with Crippen molar-refractivity contribution in [2.24, 2.45) is 5.73 Å². The van der Waals surface area contributed by atoms with Gasteiger partial charge >= 0.3 is 0 Å². The number of tetrazole rings is 1. The molecule has 0 bridgehead atoms. The van der Waals surface area contributed by atoms with Crippen molar-refractivity contribution in [1.29, 1.82) is 0 Å². The molecule has 3 heterocycles. The lowest BCUT2D eigenvalue weighted by Gasteiger charge is -2.44. The molecule has 12 nitrogen and oxygen atoms in total. The topological polar surface area (TPSA) is 179 Å². The number of phenols is 1. The first-order valence-corrected chi connectivity index (χ1v) is 10.4. The van der Waals surface area contributed by atoms with Gasteiger partial charge in [-0.05, 0) is 42.0 Å². The average Bonchev–Trinajstić information content (AvgIpc) is 3.34. The molecule has 2 aliphatic rings. The third kappa shape index (κ3) is 3.70. The van der Waals surface area contributed by atoms with Gasteiger partial charge in [-0.3, -0.25) is 14.4 Å². The van der Waals surface area contributed by atoms with Gasteiger partial charge in [0.2, 0.25) is 17.7 Å². The number of β-lactam (4-membered cyclic amide) rings is 1. The fourth-order valence-corrected chi connectivity index (χ4v) is 5.53. The highest BCUT2D eigenvalue weighted by molar-refractivity contribution is 8.01. The second-order valence-corrected chi connectivity index (χ2v) is 9.60. The van der Waals surface area contributed by atoms with E-state index in [-0.39, 0.29) is 34.4 Å². The van der Waals surface area contributed by atoms with Crippen molar-refractivity contribution in [1.82, 2.24) is 36.2 Å². The Morgan fingerprint density at radius 2 is 2.06 bits per heavy atom. The van der Waals surface area contributed by atoms with Gasteiger partial charge in [0.15, 0.2) is 5.82 Å². The summed E-state index contributed by atoms with van der Waals surface area (Å²) in [6, 6.07) is 3.68. The van der Waals surface area contributed by atoms with Crippen molar-refractivity contribution in [2.75, 3.05) is 6.54 Å². The minimum atomic E-state index is -1.06. The highest BCUT2D eigenvalue weighted by Crippen LogP contribution is 2.56. The number of fused-ring (bicyclic) bond motifs is 1. The number of H-pyrrole nitrogens is 1. The van der Waals surface area contributed by atoms with E-state index in [0.717, 1.165) is 0 Å². The Morgan fingerprint density at radius 1 is 1.35 bits per heavy atom. The number of rotatable bonds is 6. The van der Waals surface area contributed by atoms with Crippen molar-refractivity contribution in [3.8, 4) is 5.75 Å². The Kier molecular flexibility index (Phi) is 5.31. The number of aromatic hydroxyl groups is 1. The molecule has 4 atom stereocenters. The van der Waals surface area contributed by atoms with Gasteiger partial charge in [-0.25, -0.2) is 5.10 Å². The van der Waals surface area contributed by atoms with E-state index in [9.17, 15) is 19.5 Å². The molecule has 13 heteroatoms. The Labute approximate surface area is 181 Å². The molecule has 3 amide bonds. The predicted octanol–water partition coefficient (Wildman–Crippen LogP) is -1.06. The van der Waals surface area contributed by atoms with Crippen LogP contribution in [0.5, 0.6) is 5.75 Å². The van der Waals surface area contributed by atoms with Crippen molar-refractivity contribution >= 4 is 29.5 Å². The van der Waals surface area contributed by atoms with E-state index in [1.54, 1.807) is 16.7 Å². The number of hydrogen-bond acceptors (Lipinski definition) is 9. The van der Waals surface area contributed by atoms with Crippen molar-refractivity contribution in [3.05, 3.63) is 35.7 Å². The van der Waals surface area contributed by atoms with Crippen LogP contribution in [0.1, 0.15) is 37.3 Å². The van der Waals surface area contributed by atoms with Crippen LogP contribution in [-0.2, 0) is 14.4 Å². The maximum absolute atomic E-state index is 13.0. The van der Waals surface area contributed by atoms with Crippen LogP contribution in [0.15, 0.2) is 24.3 Å². The molecule has 2 aromatic rings. The van der Waals surface area contributed by atoms with E-state index >= 15 is 0 Å². The molecule has 164 valence electrons. The Balaban J connectivity index is 1.53. The lowest BCUT2D eigenvalue weighted by atomic mass is 9.95. The summed E-state index contributed by atoms with van der Waals surface area (Å²) in [6.07, 6.45) is 0.